The van der Waals surface area contributed by atoms with Crippen LogP contribution in [0.25, 0.3) is 11.5 Å². The largest absolute Gasteiger partial charge is 0.334 e. The number of anilines is 1. The highest BCUT2D eigenvalue weighted by Gasteiger charge is 2.23. The molecule has 0 aliphatic rings. The monoisotopic (exact) mass is 316 g/mol. The first kappa shape index (κ1) is 17.1. The Balaban J connectivity index is 2.25. The van der Waals surface area contributed by atoms with Crippen LogP contribution in [0.4, 0.5) is 5.69 Å². The van der Waals surface area contributed by atoms with E-state index in [-0.39, 0.29) is 11.9 Å². The van der Waals surface area contributed by atoms with Gasteiger partial charge in [-0.05, 0) is 26.1 Å². The molecule has 124 valence electrons. The summed E-state index contributed by atoms with van der Waals surface area (Å²) in [4.78, 5) is 16.7. The molecule has 2 aromatic rings. The molecule has 1 aromatic carbocycles. The van der Waals surface area contributed by atoms with Gasteiger partial charge in [0.2, 0.25) is 5.91 Å². The maximum Gasteiger partial charge on any atom is 0.260 e. The van der Waals surface area contributed by atoms with Crippen molar-refractivity contribution in [2.75, 3.05) is 12.4 Å². The number of hydrogen-bond donors (Lipinski definition) is 2. The second-order valence-electron chi connectivity index (χ2n) is 6.66. The molecule has 23 heavy (non-hydrogen) atoms. The van der Waals surface area contributed by atoms with Gasteiger partial charge in [0.15, 0.2) is 5.82 Å². The number of aromatic nitrogens is 2. The fourth-order valence-electron chi connectivity index (χ4n) is 1.91. The standard InChI is InChI=1S/C17H24N4O2/c1-11(18-5)10-14-20-15(23-21-14)12-8-6-7-9-13(12)19-16(22)17(2,3)4/h6-9,11,18H,10H2,1-5H3,(H,19,22). The zero-order chi connectivity index (χ0) is 17.0. The number of rotatable bonds is 5. The summed E-state index contributed by atoms with van der Waals surface area (Å²) in [6.07, 6.45) is 0.677. The molecular weight excluding hydrogens is 292 g/mol. The van der Waals surface area contributed by atoms with Crippen LogP contribution in [0.15, 0.2) is 28.8 Å². The predicted molar refractivity (Wildman–Crippen MR) is 90.0 cm³/mol. The maximum atomic E-state index is 12.2. The van der Waals surface area contributed by atoms with Crippen molar-refractivity contribution in [3.63, 3.8) is 0 Å². The van der Waals surface area contributed by atoms with Crippen LogP contribution in [0.2, 0.25) is 0 Å². The maximum absolute atomic E-state index is 12.2. The van der Waals surface area contributed by atoms with Gasteiger partial charge in [0.05, 0.1) is 11.3 Å². The highest BCUT2D eigenvalue weighted by atomic mass is 16.5. The number of carbonyl (C=O) groups excluding carboxylic acids is 1. The van der Waals surface area contributed by atoms with Crippen molar-refractivity contribution < 1.29 is 9.32 Å². The third-order valence-electron chi connectivity index (χ3n) is 3.54. The first-order valence-electron chi connectivity index (χ1n) is 7.72. The molecule has 6 nitrogen and oxygen atoms in total. The van der Waals surface area contributed by atoms with Crippen LogP contribution in [0, 0.1) is 5.41 Å². The molecule has 0 saturated heterocycles. The number of likely N-dealkylation sites (N-methyl/N-ethyl adjacent to an activating group) is 1. The molecule has 0 fully saturated rings. The smallest absolute Gasteiger partial charge is 0.260 e. The Labute approximate surface area is 136 Å². The van der Waals surface area contributed by atoms with Crippen LogP contribution in [0.1, 0.15) is 33.5 Å². The van der Waals surface area contributed by atoms with Gasteiger partial charge >= 0.3 is 0 Å². The summed E-state index contributed by atoms with van der Waals surface area (Å²) >= 11 is 0. The summed E-state index contributed by atoms with van der Waals surface area (Å²) in [5.41, 5.74) is 0.917. The molecule has 0 spiro atoms. The third-order valence-corrected chi connectivity index (χ3v) is 3.54. The van der Waals surface area contributed by atoms with Crippen LogP contribution in [0.3, 0.4) is 0 Å². The molecule has 2 rings (SSSR count). The second kappa shape index (κ2) is 6.91. The van der Waals surface area contributed by atoms with Crippen molar-refractivity contribution in [2.24, 2.45) is 5.41 Å². The Kier molecular flexibility index (Phi) is 5.15. The lowest BCUT2D eigenvalue weighted by atomic mass is 9.95. The summed E-state index contributed by atoms with van der Waals surface area (Å²) in [5.74, 6) is 0.986. The average molecular weight is 316 g/mol. The van der Waals surface area contributed by atoms with Crippen molar-refractivity contribution in [1.82, 2.24) is 15.5 Å². The Morgan fingerprint density at radius 3 is 2.65 bits per heavy atom. The normalized spacial score (nSPS) is 12.9. The van der Waals surface area contributed by atoms with Gasteiger partial charge in [0, 0.05) is 17.9 Å². The molecule has 1 amide bonds. The lowest BCUT2D eigenvalue weighted by molar-refractivity contribution is -0.123. The van der Waals surface area contributed by atoms with E-state index in [9.17, 15) is 4.79 Å². The predicted octanol–water partition coefficient (Wildman–Crippen LogP) is 2.87. The summed E-state index contributed by atoms with van der Waals surface area (Å²) in [7, 11) is 1.89. The molecule has 0 aliphatic heterocycles. The minimum Gasteiger partial charge on any atom is -0.334 e. The topological polar surface area (TPSA) is 80.0 Å². The van der Waals surface area contributed by atoms with Gasteiger partial charge in [0.25, 0.3) is 5.89 Å². The first-order chi connectivity index (χ1) is 10.8. The number of hydrogen-bond acceptors (Lipinski definition) is 5. The van der Waals surface area contributed by atoms with Gasteiger partial charge in [-0.3, -0.25) is 4.79 Å². The second-order valence-corrected chi connectivity index (χ2v) is 6.66. The molecule has 0 bridgehead atoms. The summed E-state index contributed by atoms with van der Waals surface area (Å²) < 4.78 is 5.36. The first-order valence-corrected chi connectivity index (χ1v) is 7.72. The molecule has 0 radical (unpaired) electrons. The average Bonchev–Trinajstić information content (AvgIpc) is 2.95. The van der Waals surface area contributed by atoms with E-state index in [1.54, 1.807) is 0 Å². The van der Waals surface area contributed by atoms with Gasteiger partial charge in [-0.2, -0.15) is 4.98 Å². The number of para-hydroxylation sites is 1. The van der Waals surface area contributed by atoms with Crippen molar-refractivity contribution in [3.8, 4) is 11.5 Å². The number of benzene rings is 1. The van der Waals surface area contributed by atoms with E-state index in [2.05, 4.69) is 20.8 Å². The van der Waals surface area contributed by atoms with Crippen molar-refractivity contribution in [1.29, 1.82) is 0 Å². The molecule has 6 heteroatoms. The summed E-state index contributed by atoms with van der Waals surface area (Å²) in [5, 5.41) is 10.1. The van der Waals surface area contributed by atoms with Crippen LogP contribution in [-0.2, 0) is 11.2 Å². The summed E-state index contributed by atoms with van der Waals surface area (Å²) in [6.45, 7) is 7.66. The van der Waals surface area contributed by atoms with E-state index in [0.29, 0.717) is 23.8 Å². The number of amides is 1. The van der Waals surface area contributed by atoms with Crippen molar-refractivity contribution >= 4 is 11.6 Å². The quantitative estimate of drug-likeness (QED) is 0.886. The SMILES string of the molecule is CNC(C)Cc1noc(-c2ccccc2NC(=O)C(C)(C)C)n1. The Morgan fingerprint density at radius 2 is 2.00 bits per heavy atom. The fraction of sp³-hybridized carbons (Fsp3) is 0.471. The van der Waals surface area contributed by atoms with Crippen LogP contribution in [0.5, 0.6) is 0 Å². The number of carbonyl (C=O) groups is 1. The van der Waals surface area contributed by atoms with Crippen LogP contribution < -0.4 is 10.6 Å². The number of nitrogens with zero attached hydrogens (tertiary/aromatic N) is 2. The van der Waals surface area contributed by atoms with E-state index in [1.807, 2.05) is 59.0 Å². The zero-order valence-electron chi connectivity index (χ0n) is 14.3. The van der Waals surface area contributed by atoms with Crippen LogP contribution in [-0.4, -0.2) is 29.1 Å². The molecule has 2 N–H and O–H groups in total. The van der Waals surface area contributed by atoms with Gasteiger partial charge in [0.1, 0.15) is 0 Å². The van der Waals surface area contributed by atoms with Gasteiger partial charge in [-0.15, -0.1) is 0 Å². The molecule has 1 unspecified atom stereocenters. The molecule has 1 aromatic heterocycles. The number of nitrogens with one attached hydrogen (secondary N) is 2. The van der Waals surface area contributed by atoms with Crippen LogP contribution >= 0.6 is 0 Å². The van der Waals surface area contributed by atoms with Gasteiger partial charge in [-0.25, -0.2) is 0 Å². The van der Waals surface area contributed by atoms with Gasteiger partial charge < -0.3 is 15.2 Å². The summed E-state index contributed by atoms with van der Waals surface area (Å²) in [6, 6.07) is 7.69. The lowest BCUT2D eigenvalue weighted by Crippen LogP contribution is -2.27. The Bertz CT molecular complexity index is 673. The van der Waals surface area contributed by atoms with Crippen molar-refractivity contribution in [3.05, 3.63) is 30.1 Å². The zero-order valence-corrected chi connectivity index (χ0v) is 14.3. The molecule has 0 aliphatic carbocycles. The molecule has 0 saturated carbocycles. The lowest BCUT2D eigenvalue weighted by Gasteiger charge is -2.18. The van der Waals surface area contributed by atoms with E-state index in [4.69, 9.17) is 4.52 Å². The third kappa shape index (κ3) is 4.39. The minimum absolute atomic E-state index is 0.0616. The van der Waals surface area contributed by atoms with Gasteiger partial charge in [-0.1, -0.05) is 38.1 Å². The van der Waals surface area contributed by atoms with E-state index in [0.717, 1.165) is 5.56 Å². The molecule has 1 atom stereocenters. The van der Waals surface area contributed by atoms with E-state index in [1.165, 1.54) is 0 Å². The Hall–Kier alpha value is -2.21. The Morgan fingerprint density at radius 1 is 1.30 bits per heavy atom. The van der Waals surface area contributed by atoms with E-state index < -0.39 is 5.41 Å². The van der Waals surface area contributed by atoms with E-state index >= 15 is 0 Å². The molecular formula is C17H24N4O2. The van der Waals surface area contributed by atoms with Crippen molar-refractivity contribution in [2.45, 2.75) is 40.2 Å². The molecule has 1 heterocycles. The highest BCUT2D eigenvalue weighted by Crippen LogP contribution is 2.28. The highest BCUT2D eigenvalue weighted by molar-refractivity contribution is 5.97. The fourth-order valence-corrected chi connectivity index (χ4v) is 1.91. The minimum atomic E-state index is -0.477.